The molecule has 21 heavy (non-hydrogen) atoms. The van der Waals surface area contributed by atoms with E-state index in [0.29, 0.717) is 11.3 Å². The van der Waals surface area contributed by atoms with Crippen molar-refractivity contribution in [2.45, 2.75) is 6.42 Å². The largest absolute Gasteiger partial charge is 0.504 e. The number of nitrogens with one attached hydrogen (secondary N) is 1. The number of hydrogen-bond donors (Lipinski definition) is 4. The number of hydrogen-bond acceptors (Lipinski definition) is 4. The molecule has 2 aromatic carbocycles. The molecule has 6 heteroatoms. The third-order valence-electron chi connectivity index (χ3n) is 2.84. The Bertz CT molecular complexity index is 696. The maximum Gasteiger partial charge on any atom is 0.307 e. The van der Waals surface area contributed by atoms with Gasteiger partial charge in [0.2, 0.25) is 0 Å². The van der Waals surface area contributed by atoms with Crippen LogP contribution in [0.4, 0.5) is 5.69 Å². The van der Waals surface area contributed by atoms with Crippen LogP contribution in [-0.2, 0) is 11.2 Å². The summed E-state index contributed by atoms with van der Waals surface area (Å²) in [5.41, 5.74) is 1.01. The third-order valence-corrected chi connectivity index (χ3v) is 2.84. The normalized spacial score (nSPS) is 10.1. The molecule has 2 rings (SSSR count). The Balaban J connectivity index is 2.23. The summed E-state index contributed by atoms with van der Waals surface area (Å²) in [6.07, 6.45) is -0.211. The van der Waals surface area contributed by atoms with Gasteiger partial charge in [-0.25, -0.2) is 0 Å². The van der Waals surface area contributed by atoms with Gasteiger partial charge < -0.3 is 20.6 Å². The summed E-state index contributed by atoms with van der Waals surface area (Å²) < 4.78 is 0. The Labute approximate surface area is 120 Å². The highest BCUT2D eigenvalue weighted by atomic mass is 16.4. The van der Waals surface area contributed by atoms with Gasteiger partial charge in [-0.15, -0.1) is 0 Å². The second-order valence-corrected chi connectivity index (χ2v) is 4.39. The van der Waals surface area contributed by atoms with Gasteiger partial charge in [-0.3, -0.25) is 9.59 Å². The molecular weight excluding hydrogens is 274 g/mol. The van der Waals surface area contributed by atoms with E-state index in [2.05, 4.69) is 5.32 Å². The molecule has 0 aromatic heterocycles. The Morgan fingerprint density at radius 3 is 2.38 bits per heavy atom. The lowest BCUT2D eigenvalue weighted by Crippen LogP contribution is -2.14. The molecule has 0 fully saturated rings. The van der Waals surface area contributed by atoms with Gasteiger partial charge in [0.05, 0.1) is 6.42 Å². The average molecular weight is 287 g/mol. The smallest absolute Gasteiger partial charge is 0.307 e. The van der Waals surface area contributed by atoms with Crippen molar-refractivity contribution in [3.63, 3.8) is 0 Å². The number of amides is 1. The van der Waals surface area contributed by atoms with Crippen LogP contribution in [0.5, 0.6) is 11.5 Å². The van der Waals surface area contributed by atoms with Crippen LogP contribution >= 0.6 is 0 Å². The van der Waals surface area contributed by atoms with Crippen LogP contribution in [-0.4, -0.2) is 27.2 Å². The first kappa shape index (κ1) is 14.4. The molecule has 0 aliphatic rings. The highest BCUT2D eigenvalue weighted by Gasteiger charge is 2.12. The summed E-state index contributed by atoms with van der Waals surface area (Å²) in [7, 11) is 0. The summed E-state index contributed by atoms with van der Waals surface area (Å²) in [6, 6.07) is 10.2. The van der Waals surface area contributed by atoms with Gasteiger partial charge >= 0.3 is 5.97 Å². The summed E-state index contributed by atoms with van der Waals surface area (Å²) in [6.45, 7) is 0. The first-order valence-electron chi connectivity index (χ1n) is 6.10. The van der Waals surface area contributed by atoms with Crippen LogP contribution in [0.3, 0.4) is 0 Å². The van der Waals surface area contributed by atoms with Crippen molar-refractivity contribution in [2.75, 3.05) is 5.32 Å². The number of carbonyl (C=O) groups excluding carboxylic acids is 1. The molecule has 0 radical (unpaired) electrons. The SMILES string of the molecule is O=C(O)Cc1ccccc1NC(=O)c1ccc(O)c(O)c1. The van der Waals surface area contributed by atoms with Crippen LogP contribution in [0.15, 0.2) is 42.5 Å². The minimum atomic E-state index is -1.00. The van der Waals surface area contributed by atoms with Gasteiger partial charge in [0.15, 0.2) is 11.5 Å². The van der Waals surface area contributed by atoms with Gasteiger partial charge in [0, 0.05) is 11.3 Å². The average Bonchev–Trinajstić information content (AvgIpc) is 2.43. The van der Waals surface area contributed by atoms with Crippen LogP contribution in [0.25, 0.3) is 0 Å². The van der Waals surface area contributed by atoms with Crippen molar-refractivity contribution in [3.8, 4) is 11.5 Å². The van der Waals surface area contributed by atoms with Crippen LogP contribution in [0, 0.1) is 0 Å². The predicted octanol–water partition coefficient (Wildman–Crippen LogP) is 1.98. The molecule has 6 nitrogen and oxygen atoms in total. The number of aliphatic carboxylic acids is 1. The molecule has 2 aromatic rings. The minimum Gasteiger partial charge on any atom is -0.504 e. The Morgan fingerprint density at radius 2 is 1.71 bits per heavy atom. The van der Waals surface area contributed by atoms with Gasteiger partial charge in [-0.2, -0.15) is 0 Å². The lowest BCUT2D eigenvalue weighted by atomic mass is 10.1. The standard InChI is InChI=1S/C15H13NO5/c17-12-6-5-10(7-13(12)18)15(21)16-11-4-2-1-3-9(11)8-14(19)20/h1-7,17-18H,8H2,(H,16,21)(H,19,20). The third kappa shape index (κ3) is 3.50. The van der Waals surface area contributed by atoms with Crippen molar-refractivity contribution in [2.24, 2.45) is 0 Å². The fourth-order valence-corrected chi connectivity index (χ4v) is 1.82. The summed E-state index contributed by atoms with van der Waals surface area (Å²) >= 11 is 0. The van der Waals surface area contributed by atoms with Gasteiger partial charge in [-0.05, 0) is 29.8 Å². The number of anilines is 1. The highest BCUT2D eigenvalue weighted by Crippen LogP contribution is 2.25. The van der Waals surface area contributed by atoms with Gasteiger partial charge in [0.1, 0.15) is 0 Å². The second-order valence-electron chi connectivity index (χ2n) is 4.39. The van der Waals surface area contributed by atoms with E-state index < -0.39 is 17.6 Å². The molecule has 4 N–H and O–H groups in total. The summed E-state index contributed by atoms with van der Waals surface area (Å²) in [5, 5.41) is 30.0. The quantitative estimate of drug-likeness (QED) is 0.643. The van der Waals surface area contributed by atoms with Crippen molar-refractivity contribution in [3.05, 3.63) is 53.6 Å². The molecule has 0 spiro atoms. The minimum absolute atomic E-state index is 0.149. The Morgan fingerprint density at radius 1 is 1.00 bits per heavy atom. The van der Waals surface area contributed by atoms with Crippen LogP contribution in [0.1, 0.15) is 15.9 Å². The molecular formula is C15H13NO5. The number of aromatic hydroxyl groups is 2. The number of carbonyl (C=O) groups is 2. The van der Waals surface area contributed by atoms with E-state index in [-0.39, 0.29) is 17.7 Å². The van der Waals surface area contributed by atoms with Crippen molar-refractivity contribution in [1.82, 2.24) is 0 Å². The second kappa shape index (κ2) is 5.96. The molecule has 0 saturated heterocycles. The molecule has 0 unspecified atom stereocenters. The molecule has 0 aliphatic heterocycles. The molecule has 1 amide bonds. The lowest BCUT2D eigenvalue weighted by Gasteiger charge is -2.10. The number of rotatable bonds is 4. The van der Waals surface area contributed by atoms with Gasteiger partial charge in [0.25, 0.3) is 5.91 Å². The summed E-state index contributed by atoms with van der Waals surface area (Å²) in [5.74, 6) is -2.23. The van der Waals surface area contributed by atoms with Crippen molar-refractivity contribution < 1.29 is 24.9 Å². The first-order valence-corrected chi connectivity index (χ1v) is 6.10. The van der Waals surface area contributed by atoms with Crippen LogP contribution < -0.4 is 5.32 Å². The fraction of sp³-hybridized carbons (Fsp3) is 0.0667. The number of para-hydroxylation sites is 1. The van der Waals surface area contributed by atoms with Crippen molar-refractivity contribution in [1.29, 1.82) is 0 Å². The molecule has 0 bridgehead atoms. The molecule has 0 atom stereocenters. The molecule has 108 valence electrons. The number of carboxylic acids is 1. The summed E-state index contributed by atoms with van der Waals surface area (Å²) in [4.78, 5) is 22.8. The van der Waals surface area contributed by atoms with Crippen molar-refractivity contribution >= 4 is 17.6 Å². The number of benzene rings is 2. The molecule has 0 heterocycles. The van der Waals surface area contributed by atoms with E-state index in [1.165, 1.54) is 12.1 Å². The van der Waals surface area contributed by atoms with E-state index in [1.807, 2.05) is 0 Å². The zero-order chi connectivity index (χ0) is 15.4. The van der Waals surface area contributed by atoms with E-state index >= 15 is 0 Å². The van der Waals surface area contributed by atoms with E-state index in [1.54, 1.807) is 24.3 Å². The zero-order valence-corrected chi connectivity index (χ0v) is 10.9. The van der Waals surface area contributed by atoms with Gasteiger partial charge in [-0.1, -0.05) is 18.2 Å². The maximum atomic E-state index is 12.1. The van der Waals surface area contributed by atoms with E-state index in [0.717, 1.165) is 6.07 Å². The number of phenols is 2. The Kier molecular flexibility index (Phi) is 4.08. The Hall–Kier alpha value is -3.02. The number of carboxylic acid groups (broad SMARTS) is 1. The molecule has 0 aliphatic carbocycles. The number of phenolic OH excluding ortho intramolecular Hbond substituents is 2. The van der Waals surface area contributed by atoms with E-state index in [4.69, 9.17) is 5.11 Å². The fourth-order valence-electron chi connectivity index (χ4n) is 1.82. The lowest BCUT2D eigenvalue weighted by molar-refractivity contribution is -0.136. The van der Waals surface area contributed by atoms with Crippen LogP contribution in [0.2, 0.25) is 0 Å². The maximum absolute atomic E-state index is 12.1. The molecule has 0 saturated carbocycles. The first-order chi connectivity index (χ1) is 9.97. The highest BCUT2D eigenvalue weighted by molar-refractivity contribution is 6.05. The zero-order valence-electron chi connectivity index (χ0n) is 10.9. The predicted molar refractivity (Wildman–Crippen MR) is 75.5 cm³/mol. The topological polar surface area (TPSA) is 107 Å². The monoisotopic (exact) mass is 287 g/mol. The van der Waals surface area contributed by atoms with E-state index in [9.17, 15) is 19.8 Å².